The second kappa shape index (κ2) is 7.92. The lowest BCUT2D eigenvalue weighted by Crippen LogP contribution is -2.32. The number of nitrogens with zero attached hydrogens (tertiary/aromatic N) is 2. The van der Waals surface area contributed by atoms with E-state index in [-0.39, 0.29) is 0 Å². The molecule has 0 bridgehead atoms. The Balaban J connectivity index is 2.01. The van der Waals surface area contributed by atoms with E-state index in [1.807, 2.05) is 24.3 Å². The first-order chi connectivity index (χ1) is 11.7. The molecule has 0 saturated heterocycles. The van der Waals surface area contributed by atoms with Gasteiger partial charge in [0.2, 0.25) is 0 Å². The minimum atomic E-state index is 0.420. The van der Waals surface area contributed by atoms with Crippen molar-refractivity contribution in [3.8, 4) is 0 Å². The van der Waals surface area contributed by atoms with Crippen molar-refractivity contribution < 1.29 is 0 Å². The number of nitrogens with two attached hydrogens (primary N) is 1. The quantitative estimate of drug-likeness (QED) is 0.469. The molecule has 2 heterocycles. The lowest BCUT2D eigenvalue weighted by molar-refractivity contribution is 0.722. The highest BCUT2D eigenvalue weighted by molar-refractivity contribution is 7.16. The summed E-state index contributed by atoms with van der Waals surface area (Å²) in [6, 6.07) is 10.0. The number of rotatable bonds is 5. The van der Waals surface area contributed by atoms with Crippen LogP contribution in [0.3, 0.4) is 0 Å². The number of nitrogens with one attached hydrogen (secondary N) is 1. The largest absolute Gasteiger partial charge is 0.310 e. The van der Waals surface area contributed by atoms with Crippen LogP contribution in [0.4, 0.5) is 5.00 Å². The summed E-state index contributed by atoms with van der Waals surface area (Å²) in [4.78, 5) is 10.7. The predicted octanol–water partition coefficient (Wildman–Crippen LogP) is 4.48. The van der Waals surface area contributed by atoms with Gasteiger partial charge >= 0.3 is 0 Å². The van der Waals surface area contributed by atoms with Gasteiger partial charge in [0, 0.05) is 21.0 Å². The molecular weight excluding hydrogens is 340 g/mol. The van der Waals surface area contributed by atoms with E-state index in [0.29, 0.717) is 17.4 Å². The molecule has 4 nitrogen and oxygen atoms in total. The summed E-state index contributed by atoms with van der Waals surface area (Å²) < 4.78 is 0. The van der Waals surface area contributed by atoms with Gasteiger partial charge in [0.25, 0.3) is 0 Å². The number of halogens is 1. The third-order valence-corrected chi connectivity index (χ3v) is 5.38. The molecule has 0 spiro atoms. The second-order valence-corrected chi connectivity index (χ2v) is 7.26. The van der Waals surface area contributed by atoms with Crippen molar-refractivity contribution in [1.82, 2.24) is 5.43 Å². The number of aliphatic imine (C=N–C) groups is 2. The molecule has 1 aromatic carbocycles. The van der Waals surface area contributed by atoms with E-state index in [1.54, 1.807) is 11.3 Å². The second-order valence-electron chi connectivity index (χ2n) is 5.74. The third kappa shape index (κ3) is 3.69. The highest BCUT2D eigenvalue weighted by Gasteiger charge is 2.20. The van der Waals surface area contributed by atoms with Gasteiger partial charge in [-0.3, -0.25) is 4.99 Å². The Bertz CT molecular complexity index is 779. The van der Waals surface area contributed by atoms with Crippen molar-refractivity contribution in [1.29, 1.82) is 0 Å². The van der Waals surface area contributed by atoms with E-state index in [9.17, 15) is 0 Å². The number of fused-ring (bicyclic) bond motifs is 1. The van der Waals surface area contributed by atoms with E-state index in [2.05, 4.69) is 23.4 Å². The number of benzene rings is 1. The molecule has 0 atom stereocenters. The normalized spacial score (nSPS) is 13.8. The van der Waals surface area contributed by atoms with Gasteiger partial charge in [-0.05, 0) is 25.0 Å². The Kier molecular flexibility index (Phi) is 5.66. The van der Waals surface area contributed by atoms with Crippen molar-refractivity contribution in [3.05, 3.63) is 51.4 Å². The summed E-state index contributed by atoms with van der Waals surface area (Å²) in [7, 11) is 0. The summed E-state index contributed by atoms with van der Waals surface area (Å²) in [6.45, 7) is 2.64. The van der Waals surface area contributed by atoms with E-state index in [0.717, 1.165) is 28.3 Å². The molecule has 1 aromatic heterocycles. The molecule has 3 rings (SSSR count). The molecule has 0 saturated carbocycles. The average molecular weight is 361 g/mol. The molecule has 24 heavy (non-hydrogen) atoms. The van der Waals surface area contributed by atoms with Crippen LogP contribution in [-0.2, 0) is 6.42 Å². The molecule has 1 aliphatic rings. The van der Waals surface area contributed by atoms with Crippen molar-refractivity contribution in [3.63, 3.8) is 0 Å². The smallest absolute Gasteiger partial charge is 0.139 e. The fourth-order valence-corrected chi connectivity index (χ4v) is 4.03. The zero-order valence-corrected chi connectivity index (χ0v) is 15.3. The lowest BCUT2D eigenvalue weighted by atomic mass is 10.0. The molecular formula is C18H21ClN4S. The van der Waals surface area contributed by atoms with Gasteiger partial charge in [0.1, 0.15) is 10.8 Å². The summed E-state index contributed by atoms with van der Waals surface area (Å²) in [5.74, 6) is 6.24. The predicted molar refractivity (Wildman–Crippen MR) is 104 cm³/mol. The standard InChI is InChI=1S/C18H21ClN4S/c1-2-3-4-7-12-10-14-17(13-8-5-6-9-15(13)19)21-11-16(23-20)22-18(14)24-12/h5-6,8-10H,2-4,7,11,20H2,1H3,(H,22,23). The van der Waals surface area contributed by atoms with Crippen LogP contribution in [0, 0.1) is 0 Å². The average Bonchev–Trinajstić information content (AvgIpc) is 2.90. The maximum atomic E-state index is 6.40. The van der Waals surface area contributed by atoms with Crippen molar-refractivity contribution in [2.24, 2.45) is 15.8 Å². The van der Waals surface area contributed by atoms with Gasteiger partial charge in [0.05, 0.1) is 12.3 Å². The van der Waals surface area contributed by atoms with Crippen LogP contribution in [0.15, 0.2) is 40.3 Å². The maximum absolute atomic E-state index is 6.40. The number of unbranched alkanes of at least 4 members (excludes halogenated alkanes) is 2. The van der Waals surface area contributed by atoms with Crippen LogP contribution in [-0.4, -0.2) is 18.1 Å². The summed E-state index contributed by atoms with van der Waals surface area (Å²) in [5.41, 5.74) is 5.52. The minimum Gasteiger partial charge on any atom is -0.310 e. The van der Waals surface area contributed by atoms with Crippen LogP contribution in [0.25, 0.3) is 0 Å². The first-order valence-electron chi connectivity index (χ1n) is 8.19. The monoisotopic (exact) mass is 360 g/mol. The molecule has 0 radical (unpaired) electrons. The van der Waals surface area contributed by atoms with E-state index < -0.39 is 0 Å². The van der Waals surface area contributed by atoms with Crippen LogP contribution < -0.4 is 11.3 Å². The number of hydrogen-bond acceptors (Lipinski definition) is 5. The van der Waals surface area contributed by atoms with Gasteiger partial charge in [0.15, 0.2) is 0 Å². The van der Waals surface area contributed by atoms with Gasteiger partial charge in [-0.15, -0.1) is 11.3 Å². The van der Waals surface area contributed by atoms with Gasteiger partial charge in [-0.25, -0.2) is 10.8 Å². The number of hydrazine groups is 1. The zero-order chi connectivity index (χ0) is 16.9. The Morgan fingerprint density at radius 3 is 2.83 bits per heavy atom. The van der Waals surface area contributed by atoms with Crippen LogP contribution in [0.5, 0.6) is 0 Å². The third-order valence-electron chi connectivity index (χ3n) is 3.96. The van der Waals surface area contributed by atoms with Crippen molar-refractivity contribution >= 4 is 39.5 Å². The van der Waals surface area contributed by atoms with Crippen LogP contribution >= 0.6 is 22.9 Å². The van der Waals surface area contributed by atoms with Crippen LogP contribution in [0.2, 0.25) is 5.02 Å². The highest BCUT2D eigenvalue weighted by Crippen LogP contribution is 2.36. The Morgan fingerprint density at radius 2 is 2.08 bits per heavy atom. The Hall–Kier alpha value is -1.69. The minimum absolute atomic E-state index is 0.420. The summed E-state index contributed by atoms with van der Waals surface area (Å²) in [5, 5.41) is 1.65. The number of thiophene rings is 1. The van der Waals surface area contributed by atoms with E-state index >= 15 is 0 Å². The molecule has 0 fully saturated rings. The topological polar surface area (TPSA) is 62.8 Å². The summed E-state index contributed by atoms with van der Waals surface area (Å²) in [6.07, 6.45) is 4.73. The fraction of sp³-hybridized carbons (Fsp3) is 0.333. The fourth-order valence-electron chi connectivity index (χ4n) is 2.71. The zero-order valence-electron chi connectivity index (χ0n) is 13.7. The molecule has 0 amide bonds. The van der Waals surface area contributed by atoms with E-state index in [4.69, 9.17) is 22.4 Å². The van der Waals surface area contributed by atoms with Crippen molar-refractivity contribution in [2.45, 2.75) is 32.6 Å². The molecule has 0 unspecified atom stereocenters. The molecule has 6 heteroatoms. The van der Waals surface area contributed by atoms with E-state index in [1.165, 1.54) is 24.1 Å². The Labute approximate surface area is 151 Å². The molecule has 3 N–H and O–H groups in total. The van der Waals surface area contributed by atoms with Crippen LogP contribution in [0.1, 0.15) is 42.2 Å². The number of aryl methyl sites for hydroxylation is 1. The first kappa shape index (κ1) is 17.1. The molecule has 126 valence electrons. The Morgan fingerprint density at radius 1 is 1.25 bits per heavy atom. The van der Waals surface area contributed by atoms with Gasteiger partial charge in [-0.2, -0.15) is 0 Å². The molecule has 0 aliphatic carbocycles. The lowest BCUT2D eigenvalue weighted by Gasteiger charge is -2.07. The molecule has 2 aromatic rings. The van der Waals surface area contributed by atoms with Gasteiger partial charge in [-0.1, -0.05) is 49.6 Å². The molecule has 1 aliphatic heterocycles. The maximum Gasteiger partial charge on any atom is 0.139 e. The van der Waals surface area contributed by atoms with Crippen molar-refractivity contribution in [2.75, 3.05) is 6.54 Å². The SMILES string of the molecule is CCCCCc1cc2c(s1)N=C(NN)CN=C2c1ccccc1Cl. The highest BCUT2D eigenvalue weighted by atomic mass is 35.5. The summed E-state index contributed by atoms with van der Waals surface area (Å²) >= 11 is 8.12. The number of hydrogen-bond donors (Lipinski definition) is 2. The first-order valence-corrected chi connectivity index (χ1v) is 9.39. The van der Waals surface area contributed by atoms with Gasteiger partial charge < -0.3 is 5.43 Å². The number of amidine groups is 1.